The average Bonchev–Trinajstić information content (AvgIpc) is 2.20. The third-order valence-electron chi connectivity index (χ3n) is 1.98. The highest BCUT2D eigenvalue weighted by molar-refractivity contribution is 5.61. The second-order valence-electron chi connectivity index (χ2n) is 2.93. The van der Waals surface area contributed by atoms with Gasteiger partial charge in [0.2, 0.25) is 0 Å². The van der Waals surface area contributed by atoms with Crippen LogP contribution in [-0.2, 0) is 0 Å². The van der Waals surface area contributed by atoms with Crippen molar-refractivity contribution in [1.82, 2.24) is 4.98 Å². The molecule has 63 valence electrons. The van der Waals surface area contributed by atoms with Crippen LogP contribution in [0.2, 0.25) is 0 Å². The standard InChI is InChI=1S/C12H10N/c1-10-6-5-9-13-12(10)11-7-3-2-4-8-11/h2-5,7-9H,1H3. The van der Waals surface area contributed by atoms with Crippen LogP contribution in [0.25, 0.3) is 11.3 Å². The van der Waals surface area contributed by atoms with E-state index in [1.54, 1.807) is 6.20 Å². The van der Waals surface area contributed by atoms with Gasteiger partial charge in [-0.25, -0.2) is 0 Å². The molecule has 0 aliphatic rings. The van der Waals surface area contributed by atoms with Gasteiger partial charge >= 0.3 is 0 Å². The maximum Gasteiger partial charge on any atom is 0.0737 e. The number of aryl methyl sites for hydroxylation is 1. The highest BCUT2D eigenvalue weighted by Gasteiger charge is 2.00. The van der Waals surface area contributed by atoms with Crippen LogP contribution < -0.4 is 0 Å². The molecule has 2 aromatic rings. The van der Waals surface area contributed by atoms with E-state index in [1.165, 1.54) is 0 Å². The van der Waals surface area contributed by atoms with Gasteiger partial charge in [0.1, 0.15) is 0 Å². The SMILES string of the molecule is Cc1[c]ccnc1-c1ccccc1. The summed E-state index contributed by atoms with van der Waals surface area (Å²) in [6.45, 7) is 2.02. The molecule has 0 spiro atoms. The molecule has 1 aromatic carbocycles. The van der Waals surface area contributed by atoms with Crippen molar-refractivity contribution in [2.45, 2.75) is 6.92 Å². The van der Waals surface area contributed by atoms with E-state index < -0.39 is 0 Å². The minimum Gasteiger partial charge on any atom is -0.256 e. The Morgan fingerprint density at radius 2 is 1.92 bits per heavy atom. The van der Waals surface area contributed by atoms with Crippen molar-refractivity contribution in [3.8, 4) is 11.3 Å². The fourth-order valence-corrected chi connectivity index (χ4v) is 1.33. The molecular weight excluding hydrogens is 158 g/mol. The van der Waals surface area contributed by atoms with Gasteiger partial charge in [0, 0.05) is 11.8 Å². The molecule has 13 heavy (non-hydrogen) atoms. The van der Waals surface area contributed by atoms with E-state index in [-0.39, 0.29) is 0 Å². The van der Waals surface area contributed by atoms with E-state index >= 15 is 0 Å². The highest BCUT2D eigenvalue weighted by Crippen LogP contribution is 2.18. The van der Waals surface area contributed by atoms with E-state index in [1.807, 2.05) is 31.2 Å². The molecule has 1 heteroatoms. The first-order chi connectivity index (χ1) is 6.38. The maximum atomic E-state index is 4.32. The Morgan fingerprint density at radius 3 is 2.62 bits per heavy atom. The van der Waals surface area contributed by atoms with Crippen LogP contribution in [0.4, 0.5) is 0 Å². The molecule has 0 atom stereocenters. The van der Waals surface area contributed by atoms with Gasteiger partial charge in [-0.2, -0.15) is 0 Å². The second kappa shape index (κ2) is 3.40. The summed E-state index contributed by atoms with van der Waals surface area (Å²) in [4.78, 5) is 4.32. The van der Waals surface area contributed by atoms with Gasteiger partial charge in [-0.3, -0.25) is 4.98 Å². The first-order valence-corrected chi connectivity index (χ1v) is 4.26. The first kappa shape index (κ1) is 7.99. The molecule has 0 N–H and O–H groups in total. The molecule has 1 heterocycles. The largest absolute Gasteiger partial charge is 0.256 e. The Bertz CT molecular complexity index is 393. The van der Waals surface area contributed by atoms with Crippen LogP contribution in [-0.4, -0.2) is 4.98 Å². The molecule has 1 nitrogen and oxygen atoms in total. The normalized spacial score (nSPS) is 9.92. The molecule has 0 unspecified atom stereocenters. The molecule has 0 saturated carbocycles. The summed E-state index contributed by atoms with van der Waals surface area (Å²) in [6, 6.07) is 15.1. The summed E-state index contributed by atoms with van der Waals surface area (Å²) in [7, 11) is 0. The number of benzene rings is 1. The minimum absolute atomic E-state index is 1.02. The molecule has 0 amide bonds. The van der Waals surface area contributed by atoms with E-state index in [2.05, 4.69) is 23.2 Å². The summed E-state index contributed by atoms with van der Waals surface area (Å²) in [5, 5.41) is 0. The zero-order valence-corrected chi connectivity index (χ0v) is 7.49. The van der Waals surface area contributed by atoms with Crippen molar-refractivity contribution in [2.24, 2.45) is 0 Å². The van der Waals surface area contributed by atoms with Crippen molar-refractivity contribution in [2.75, 3.05) is 0 Å². The monoisotopic (exact) mass is 168 g/mol. The predicted octanol–water partition coefficient (Wildman–Crippen LogP) is 2.86. The fraction of sp³-hybridized carbons (Fsp3) is 0.0833. The molecule has 1 radical (unpaired) electrons. The Kier molecular flexibility index (Phi) is 2.09. The number of aromatic nitrogens is 1. The summed E-state index contributed by atoms with van der Waals surface area (Å²) < 4.78 is 0. The van der Waals surface area contributed by atoms with Gasteiger partial charge in [0.25, 0.3) is 0 Å². The van der Waals surface area contributed by atoms with Crippen molar-refractivity contribution in [1.29, 1.82) is 0 Å². The van der Waals surface area contributed by atoms with Crippen LogP contribution in [0.5, 0.6) is 0 Å². The summed E-state index contributed by atoms with van der Waals surface area (Å²) in [5.41, 5.74) is 3.26. The minimum atomic E-state index is 1.02. The Labute approximate surface area is 78.1 Å². The van der Waals surface area contributed by atoms with Crippen LogP contribution in [0.15, 0.2) is 42.6 Å². The number of pyridine rings is 1. The summed E-state index contributed by atoms with van der Waals surface area (Å²) >= 11 is 0. The van der Waals surface area contributed by atoms with Crippen molar-refractivity contribution >= 4 is 0 Å². The van der Waals surface area contributed by atoms with Crippen molar-refractivity contribution in [3.63, 3.8) is 0 Å². The smallest absolute Gasteiger partial charge is 0.0737 e. The van der Waals surface area contributed by atoms with Crippen LogP contribution in [0, 0.1) is 13.0 Å². The molecule has 0 aliphatic heterocycles. The topological polar surface area (TPSA) is 12.9 Å². The lowest BCUT2D eigenvalue weighted by Gasteiger charge is -2.02. The van der Waals surface area contributed by atoms with Crippen molar-refractivity contribution < 1.29 is 0 Å². The summed E-state index contributed by atoms with van der Waals surface area (Å²) in [6.07, 6.45) is 1.77. The van der Waals surface area contributed by atoms with E-state index in [0.717, 1.165) is 16.8 Å². The number of hydrogen-bond donors (Lipinski definition) is 0. The number of nitrogens with zero attached hydrogens (tertiary/aromatic N) is 1. The third kappa shape index (κ3) is 1.59. The van der Waals surface area contributed by atoms with Gasteiger partial charge in [-0.15, -0.1) is 0 Å². The lowest BCUT2D eigenvalue weighted by atomic mass is 10.1. The van der Waals surface area contributed by atoms with Crippen LogP contribution in [0.3, 0.4) is 0 Å². The lowest BCUT2D eigenvalue weighted by Crippen LogP contribution is -1.86. The fourth-order valence-electron chi connectivity index (χ4n) is 1.33. The predicted molar refractivity (Wildman–Crippen MR) is 53.2 cm³/mol. The molecule has 0 aliphatic carbocycles. The van der Waals surface area contributed by atoms with E-state index in [4.69, 9.17) is 0 Å². The van der Waals surface area contributed by atoms with Gasteiger partial charge in [0.15, 0.2) is 0 Å². The van der Waals surface area contributed by atoms with Gasteiger partial charge in [-0.1, -0.05) is 30.3 Å². The third-order valence-corrected chi connectivity index (χ3v) is 1.98. The first-order valence-electron chi connectivity index (χ1n) is 4.26. The van der Waals surface area contributed by atoms with Crippen LogP contribution in [0.1, 0.15) is 5.56 Å². The molecule has 1 aromatic heterocycles. The second-order valence-corrected chi connectivity index (χ2v) is 2.93. The Balaban J connectivity index is 2.54. The zero-order chi connectivity index (χ0) is 9.10. The quantitative estimate of drug-likeness (QED) is 0.638. The van der Waals surface area contributed by atoms with Gasteiger partial charge in [-0.05, 0) is 24.6 Å². The Morgan fingerprint density at radius 1 is 1.15 bits per heavy atom. The van der Waals surface area contributed by atoms with Crippen molar-refractivity contribution in [3.05, 3.63) is 54.2 Å². The van der Waals surface area contributed by atoms with Gasteiger partial charge in [0.05, 0.1) is 5.69 Å². The number of rotatable bonds is 1. The molecule has 0 bridgehead atoms. The van der Waals surface area contributed by atoms with E-state index in [9.17, 15) is 0 Å². The maximum absolute atomic E-state index is 4.32. The average molecular weight is 168 g/mol. The molecule has 0 fully saturated rings. The molecular formula is C12H10N. The van der Waals surface area contributed by atoms with Gasteiger partial charge < -0.3 is 0 Å². The van der Waals surface area contributed by atoms with Crippen LogP contribution >= 0.6 is 0 Å². The summed E-state index contributed by atoms with van der Waals surface area (Å²) in [5.74, 6) is 0. The lowest BCUT2D eigenvalue weighted by molar-refractivity contribution is 1.26. The molecule has 0 saturated heterocycles. The number of hydrogen-bond acceptors (Lipinski definition) is 1. The zero-order valence-electron chi connectivity index (χ0n) is 7.49. The molecule has 2 rings (SSSR count). The van der Waals surface area contributed by atoms with E-state index in [0.29, 0.717) is 0 Å². The highest BCUT2D eigenvalue weighted by atomic mass is 14.7. The Hall–Kier alpha value is -1.63.